The van der Waals surface area contributed by atoms with Crippen LogP contribution in [0.2, 0.25) is 0 Å². The van der Waals surface area contributed by atoms with Gasteiger partial charge in [0.1, 0.15) is 5.69 Å². The zero-order chi connectivity index (χ0) is 12.3. The van der Waals surface area contributed by atoms with Crippen molar-refractivity contribution < 1.29 is 4.79 Å². The number of aryl methyl sites for hydroxylation is 1. The summed E-state index contributed by atoms with van der Waals surface area (Å²) in [5.41, 5.74) is 7.85. The second-order valence-electron chi connectivity index (χ2n) is 3.81. The van der Waals surface area contributed by atoms with Crippen LogP contribution in [-0.2, 0) is 13.6 Å². The average Bonchev–Trinajstić information content (AvgIpc) is 2.74. The van der Waals surface area contributed by atoms with Gasteiger partial charge in [-0.3, -0.25) is 4.79 Å². The Bertz CT molecular complexity index is 516. The van der Waals surface area contributed by atoms with E-state index in [0.29, 0.717) is 17.9 Å². The zero-order valence-electron chi connectivity index (χ0n) is 9.55. The normalized spacial score (nSPS) is 10.2. The van der Waals surface area contributed by atoms with E-state index in [9.17, 15) is 4.79 Å². The first-order valence-corrected chi connectivity index (χ1v) is 5.26. The fourth-order valence-corrected chi connectivity index (χ4v) is 1.48. The molecule has 0 aliphatic rings. The van der Waals surface area contributed by atoms with Gasteiger partial charge in [-0.15, -0.1) is 0 Å². The molecule has 0 unspecified atom stereocenters. The lowest BCUT2D eigenvalue weighted by atomic mass is 10.2. The number of carbonyl (C=O) groups excluding carboxylic acids is 1. The molecule has 1 aromatic carbocycles. The molecule has 0 radical (unpaired) electrons. The number of aromatic nitrogens is 2. The number of benzene rings is 1. The van der Waals surface area contributed by atoms with Gasteiger partial charge in [0.15, 0.2) is 0 Å². The van der Waals surface area contributed by atoms with Crippen LogP contribution in [0.15, 0.2) is 36.8 Å². The molecule has 17 heavy (non-hydrogen) atoms. The van der Waals surface area contributed by atoms with Crippen molar-refractivity contribution in [1.82, 2.24) is 14.9 Å². The number of imidazole rings is 1. The predicted molar refractivity (Wildman–Crippen MR) is 65.2 cm³/mol. The topological polar surface area (TPSA) is 72.9 Å². The molecule has 0 bridgehead atoms. The van der Waals surface area contributed by atoms with Crippen LogP contribution in [0.1, 0.15) is 16.1 Å². The van der Waals surface area contributed by atoms with E-state index in [4.69, 9.17) is 5.73 Å². The molecule has 0 aliphatic carbocycles. The number of rotatable bonds is 3. The second kappa shape index (κ2) is 4.69. The Hall–Kier alpha value is -2.30. The van der Waals surface area contributed by atoms with E-state index in [0.717, 1.165) is 5.56 Å². The van der Waals surface area contributed by atoms with Crippen molar-refractivity contribution in [3.8, 4) is 0 Å². The number of anilines is 1. The van der Waals surface area contributed by atoms with Crippen LogP contribution in [-0.4, -0.2) is 15.5 Å². The number of hydrogen-bond acceptors (Lipinski definition) is 3. The number of amides is 1. The molecule has 0 aliphatic heterocycles. The largest absolute Gasteiger partial charge is 0.399 e. The van der Waals surface area contributed by atoms with E-state index in [-0.39, 0.29) is 5.91 Å². The number of carbonyl (C=O) groups is 1. The first kappa shape index (κ1) is 11.2. The lowest BCUT2D eigenvalue weighted by Crippen LogP contribution is -2.24. The maximum absolute atomic E-state index is 11.8. The third-order valence-corrected chi connectivity index (χ3v) is 2.48. The summed E-state index contributed by atoms with van der Waals surface area (Å²) in [6, 6.07) is 7.40. The van der Waals surface area contributed by atoms with E-state index in [1.54, 1.807) is 17.9 Å². The van der Waals surface area contributed by atoms with Gasteiger partial charge < -0.3 is 15.6 Å². The van der Waals surface area contributed by atoms with Crippen molar-refractivity contribution in [3.63, 3.8) is 0 Å². The third kappa shape index (κ3) is 2.63. The van der Waals surface area contributed by atoms with Crippen LogP contribution in [0.5, 0.6) is 0 Å². The van der Waals surface area contributed by atoms with Crippen LogP contribution in [0.4, 0.5) is 5.69 Å². The number of nitrogen functional groups attached to an aromatic ring is 1. The minimum Gasteiger partial charge on any atom is -0.399 e. The summed E-state index contributed by atoms with van der Waals surface area (Å²) < 4.78 is 1.68. The van der Waals surface area contributed by atoms with Crippen LogP contribution in [0, 0.1) is 0 Å². The highest BCUT2D eigenvalue weighted by atomic mass is 16.1. The summed E-state index contributed by atoms with van der Waals surface area (Å²) in [5, 5.41) is 2.82. The zero-order valence-corrected chi connectivity index (χ0v) is 9.55. The Morgan fingerprint density at radius 2 is 2.12 bits per heavy atom. The SMILES string of the molecule is Cn1cncc1C(=O)NCc1ccc(N)cc1. The first-order chi connectivity index (χ1) is 8.16. The molecule has 0 spiro atoms. The Morgan fingerprint density at radius 1 is 1.41 bits per heavy atom. The van der Waals surface area contributed by atoms with E-state index in [1.165, 1.54) is 6.20 Å². The molecule has 1 aromatic heterocycles. The van der Waals surface area contributed by atoms with Crippen LogP contribution in [0.25, 0.3) is 0 Å². The molecule has 88 valence electrons. The molecule has 0 fully saturated rings. The molecule has 0 saturated heterocycles. The van der Waals surface area contributed by atoms with Gasteiger partial charge in [0, 0.05) is 19.3 Å². The number of nitrogens with two attached hydrogens (primary N) is 1. The second-order valence-corrected chi connectivity index (χ2v) is 3.81. The van der Waals surface area contributed by atoms with Gasteiger partial charge in [0.05, 0.1) is 12.5 Å². The molecule has 0 saturated carbocycles. The Balaban J connectivity index is 1.97. The van der Waals surface area contributed by atoms with Gasteiger partial charge >= 0.3 is 0 Å². The fraction of sp³-hybridized carbons (Fsp3) is 0.167. The number of nitrogens with zero attached hydrogens (tertiary/aromatic N) is 2. The Labute approximate surface area is 99.3 Å². The maximum atomic E-state index is 11.8. The van der Waals surface area contributed by atoms with Crippen molar-refractivity contribution in [1.29, 1.82) is 0 Å². The van der Waals surface area contributed by atoms with Crippen LogP contribution >= 0.6 is 0 Å². The highest BCUT2D eigenvalue weighted by molar-refractivity contribution is 5.92. The first-order valence-electron chi connectivity index (χ1n) is 5.26. The van der Waals surface area contributed by atoms with Crippen molar-refractivity contribution in [2.24, 2.45) is 7.05 Å². The smallest absolute Gasteiger partial charge is 0.269 e. The minimum atomic E-state index is -0.137. The number of nitrogens with one attached hydrogen (secondary N) is 1. The molecule has 2 rings (SSSR count). The van der Waals surface area contributed by atoms with Gasteiger partial charge in [-0.25, -0.2) is 4.98 Å². The summed E-state index contributed by atoms with van der Waals surface area (Å²) in [6.07, 6.45) is 3.14. The van der Waals surface area contributed by atoms with Crippen molar-refractivity contribution in [3.05, 3.63) is 48.0 Å². The molecule has 0 atom stereocenters. The van der Waals surface area contributed by atoms with Crippen molar-refractivity contribution in [2.75, 3.05) is 5.73 Å². The summed E-state index contributed by atoms with van der Waals surface area (Å²) in [5.74, 6) is -0.137. The molecule has 2 aromatic rings. The quantitative estimate of drug-likeness (QED) is 0.770. The van der Waals surface area contributed by atoms with Gasteiger partial charge in [-0.05, 0) is 17.7 Å². The molecular weight excluding hydrogens is 216 g/mol. The van der Waals surface area contributed by atoms with E-state index in [2.05, 4.69) is 10.3 Å². The summed E-state index contributed by atoms with van der Waals surface area (Å²) in [7, 11) is 1.78. The summed E-state index contributed by atoms with van der Waals surface area (Å²) in [4.78, 5) is 15.7. The molecule has 1 heterocycles. The highest BCUT2D eigenvalue weighted by Crippen LogP contribution is 2.05. The standard InChI is InChI=1S/C12H14N4O/c1-16-8-14-7-11(16)12(17)15-6-9-2-4-10(13)5-3-9/h2-5,7-8H,6,13H2,1H3,(H,15,17). The van der Waals surface area contributed by atoms with Gasteiger partial charge in [-0.2, -0.15) is 0 Å². The predicted octanol–water partition coefficient (Wildman–Crippen LogP) is 0.932. The highest BCUT2D eigenvalue weighted by Gasteiger charge is 2.08. The van der Waals surface area contributed by atoms with E-state index >= 15 is 0 Å². The lowest BCUT2D eigenvalue weighted by Gasteiger charge is -2.05. The fourth-order valence-electron chi connectivity index (χ4n) is 1.48. The van der Waals surface area contributed by atoms with E-state index < -0.39 is 0 Å². The summed E-state index contributed by atoms with van der Waals surface area (Å²) in [6.45, 7) is 0.476. The monoisotopic (exact) mass is 230 g/mol. The summed E-state index contributed by atoms with van der Waals surface area (Å²) >= 11 is 0. The van der Waals surface area contributed by atoms with Crippen LogP contribution in [0.3, 0.4) is 0 Å². The molecule has 5 heteroatoms. The Kier molecular flexibility index (Phi) is 3.09. The number of hydrogen-bond donors (Lipinski definition) is 2. The maximum Gasteiger partial charge on any atom is 0.269 e. The van der Waals surface area contributed by atoms with Crippen molar-refractivity contribution >= 4 is 11.6 Å². The van der Waals surface area contributed by atoms with Crippen molar-refractivity contribution in [2.45, 2.75) is 6.54 Å². The van der Waals surface area contributed by atoms with E-state index in [1.807, 2.05) is 24.3 Å². The minimum absolute atomic E-state index is 0.137. The molecular formula is C12H14N4O. The van der Waals surface area contributed by atoms with Gasteiger partial charge in [-0.1, -0.05) is 12.1 Å². The van der Waals surface area contributed by atoms with Gasteiger partial charge in [0.2, 0.25) is 0 Å². The van der Waals surface area contributed by atoms with Crippen LogP contribution < -0.4 is 11.1 Å². The molecule has 1 amide bonds. The molecule has 5 nitrogen and oxygen atoms in total. The average molecular weight is 230 g/mol. The van der Waals surface area contributed by atoms with Gasteiger partial charge in [0.25, 0.3) is 5.91 Å². The Morgan fingerprint density at radius 3 is 2.71 bits per heavy atom. The third-order valence-electron chi connectivity index (χ3n) is 2.48. The molecule has 3 N–H and O–H groups in total. The lowest BCUT2D eigenvalue weighted by molar-refractivity contribution is 0.0943.